The zero-order valence-corrected chi connectivity index (χ0v) is 38.1. The molecule has 0 unspecified atom stereocenters. The van der Waals surface area contributed by atoms with E-state index in [4.69, 9.17) is 9.72 Å². The molecule has 306 valence electrons. The maximum absolute atomic E-state index is 6.65. The first-order chi connectivity index (χ1) is 28.1. The van der Waals surface area contributed by atoms with Crippen LogP contribution in [0.2, 0.25) is 0 Å². The van der Waals surface area contributed by atoms with Crippen molar-refractivity contribution in [3.8, 4) is 28.4 Å². The Kier molecular flexibility index (Phi) is 10.6. The van der Waals surface area contributed by atoms with Crippen LogP contribution in [0.15, 0.2) is 140 Å². The maximum Gasteiger partial charge on any atom is 0.135 e. The molecule has 0 fully saturated rings. The maximum atomic E-state index is 6.65. The van der Waals surface area contributed by atoms with Crippen molar-refractivity contribution >= 4 is 44.6 Å². The molecule has 1 aliphatic heterocycles. The number of para-hydroxylation sites is 1. The van der Waals surface area contributed by atoms with Gasteiger partial charge >= 0.3 is 0 Å². The van der Waals surface area contributed by atoms with Crippen LogP contribution in [0.5, 0.6) is 11.5 Å². The predicted molar refractivity (Wildman–Crippen MR) is 246 cm³/mol. The number of ether oxygens (including phenoxy) is 1. The summed E-state index contributed by atoms with van der Waals surface area (Å²) in [5.41, 5.74) is 12.2. The Labute approximate surface area is 369 Å². The van der Waals surface area contributed by atoms with E-state index in [2.05, 4.69) is 211 Å². The molecular weight excluding hydrogens is 916 g/mol. The number of hydrogen-bond acceptors (Lipinski definition) is 4. The molecule has 3 heterocycles. The molecule has 0 aliphatic carbocycles. The fraction of sp³-hybridized carbons (Fsp3) is 0.222. The number of anilines is 4. The molecule has 8 aromatic rings. The van der Waals surface area contributed by atoms with E-state index in [0.29, 0.717) is 11.5 Å². The number of aromatic nitrogens is 2. The second-order valence-electron chi connectivity index (χ2n) is 18.8. The molecule has 0 N–H and O–H groups in total. The van der Waals surface area contributed by atoms with E-state index >= 15 is 0 Å². The predicted octanol–water partition coefficient (Wildman–Crippen LogP) is 14.5. The average molecular weight is 967 g/mol. The number of hydrogen-bond donors (Lipinski definition) is 0. The van der Waals surface area contributed by atoms with E-state index < -0.39 is 0 Å². The van der Waals surface area contributed by atoms with Gasteiger partial charge in [0.2, 0.25) is 0 Å². The van der Waals surface area contributed by atoms with Crippen molar-refractivity contribution < 1.29 is 25.8 Å². The van der Waals surface area contributed by atoms with Gasteiger partial charge in [0, 0.05) is 61.3 Å². The molecule has 2 aromatic heterocycles. The van der Waals surface area contributed by atoms with Crippen LogP contribution in [0.1, 0.15) is 79.0 Å². The SMILES string of the molecule is CC(C)(C)c1cc(-c2ccccc2)cc(N2[CH-]N(c3[c-]c(Oc4[c-]c5c(cc4)c4ccccc4n5-c4cc(C(C)(C)C)ccn4)ccc3)c3cc(C(C)(C)C)ccc32)c1.[Pt]. The number of nitrogens with zero attached hydrogens (tertiary/aromatic N) is 4. The number of rotatable bonds is 6. The molecule has 6 aromatic carbocycles. The second-order valence-corrected chi connectivity index (χ2v) is 18.8. The van der Waals surface area contributed by atoms with E-state index in [1.165, 1.54) is 27.8 Å². The van der Waals surface area contributed by atoms with E-state index in [0.717, 1.165) is 50.4 Å². The third-order valence-corrected chi connectivity index (χ3v) is 11.4. The van der Waals surface area contributed by atoms with E-state index in [1.54, 1.807) is 0 Å². The van der Waals surface area contributed by atoms with Crippen molar-refractivity contribution in [2.45, 2.75) is 78.6 Å². The molecule has 0 radical (unpaired) electrons. The minimum absolute atomic E-state index is 0. The Bertz CT molecular complexity index is 2860. The second kappa shape index (κ2) is 15.4. The number of benzene rings is 6. The van der Waals surface area contributed by atoms with Gasteiger partial charge < -0.3 is 19.1 Å². The fourth-order valence-electron chi connectivity index (χ4n) is 7.94. The van der Waals surface area contributed by atoms with Crippen molar-refractivity contribution in [3.63, 3.8) is 0 Å². The monoisotopic (exact) mass is 966 g/mol. The summed E-state index contributed by atoms with van der Waals surface area (Å²) in [6.07, 6.45) is 1.90. The summed E-state index contributed by atoms with van der Waals surface area (Å²) in [6, 6.07) is 54.7. The molecule has 0 saturated carbocycles. The quantitative estimate of drug-likeness (QED) is 0.156. The van der Waals surface area contributed by atoms with Crippen LogP contribution in [-0.4, -0.2) is 9.55 Å². The summed E-state index contributed by atoms with van der Waals surface area (Å²) in [5.74, 6) is 2.07. The van der Waals surface area contributed by atoms with Gasteiger partial charge in [-0.15, -0.1) is 48.1 Å². The van der Waals surface area contributed by atoms with E-state index in [-0.39, 0.29) is 37.3 Å². The minimum Gasteiger partial charge on any atom is -0.509 e. The summed E-state index contributed by atoms with van der Waals surface area (Å²) in [7, 11) is 0. The smallest absolute Gasteiger partial charge is 0.135 e. The van der Waals surface area contributed by atoms with Gasteiger partial charge in [-0.25, -0.2) is 4.98 Å². The van der Waals surface area contributed by atoms with Gasteiger partial charge in [-0.05, 0) is 91.9 Å². The molecule has 5 nitrogen and oxygen atoms in total. The normalized spacial score (nSPS) is 13.2. The molecule has 9 rings (SSSR count). The van der Waals surface area contributed by atoms with Gasteiger partial charge in [0.25, 0.3) is 0 Å². The van der Waals surface area contributed by atoms with Crippen molar-refractivity contribution in [2.24, 2.45) is 0 Å². The molecular formula is C54H51N4OPt-3. The molecule has 0 saturated heterocycles. The summed E-state index contributed by atoms with van der Waals surface area (Å²) in [6.45, 7) is 22.5. The fourth-order valence-corrected chi connectivity index (χ4v) is 7.94. The van der Waals surface area contributed by atoms with Gasteiger partial charge in [-0.3, -0.25) is 0 Å². The summed E-state index contributed by atoms with van der Waals surface area (Å²) < 4.78 is 8.84. The third-order valence-electron chi connectivity index (χ3n) is 11.4. The zero-order chi connectivity index (χ0) is 41.3. The topological polar surface area (TPSA) is 33.5 Å². The van der Waals surface area contributed by atoms with Crippen molar-refractivity contribution in [3.05, 3.63) is 175 Å². The standard InChI is InChI=1S/C54H51N4O.Pt/c1-52(2,3)38-22-25-48-50(31-38)56(35-57(48)42-29-37(36-16-11-10-12-17-36)28-40(30-42)54(7,8)9)41-18-15-19-43(33-41)59-44-23-24-46-45-20-13-14-21-47(45)58(49(46)34-44)51-32-39(26-27-55-51)53(4,5)6;/h10-32,35H,1-9H3;/q-3;. The van der Waals surface area contributed by atoms with Crippen LogP contribution >= 0.6 is 0 Å². The van der Waals surface area contributed by atoms with Crippen LogP contribution in [0.3, 0.4) is 0 Å². The van der Waals surface area contributed by atoms with E-state index in [9.17, 15) is 0 Å². The summed E-state index contributed by atoms with van der Waals surface area (Å²) in [5, 5.41) is 2.24. The number of pyridine rings is 1. The summed E-state index contributed by atoms with van der Waals surface area (Å²) in [4.78, 5) is 9.40. The largest absolute Gasteiger partial charge is 0.509 e. The number of fused-ring (bicyclic) bond motifs is 4. The van der Waals surface area contributed by atoms with Gasteiger partial charge in [0.15, 0.2) is 0 Å². The first-order valence-corrected chi connectivity index (χ1v) is 20.5. The molecule has 1 aliphatic rings. The van der Waals surface area contributed by atoms with Crippen molar-refractivity contribution in [1.29, 1.82) is 0 Å². The first kappa shape index (κ1) is 41.1. The molecule has 0 spiro atoms. The van der Waals surface area contributed by atoms with Gasteiger partial charge in [-0.1, -0.05) is 128 Å². The van der Waals surface area contributed by atoms with Crippen LogP contribution in [0.4, 0.5) is 22.7 Å². The Hall–Kier alpha value is -5.64. The van der Waals surface area contributed by atoms with Crippen molar-refractivity contribution in [2.75, 3.05) is 9.80 Å². The Morgan fingerprint density at radius 2 is 1.23 bits per heavy atom. The molecule has 6 heteroatoms. The van der Waals surface area contributed by atoms with Gasteiger partial charge in [-0.2, -0.15) is 12.1 Å². The minimum atomic E-state index is -0.0430. The van der Waals surface area contributed by atoms with Gasteiger partial charge in [0.05, 0.1) is 0 Å². The zero-order valence-electron chi connectivity index (χ0n) is 35.9. The molecule has 0 bridgehead atoms. The Balaban J connectivity index is 0.00000499. The Morgan fingerprint density at radius 3 is 1.98 bits per heavy atom. The van der Waals surface area contributed by atoms with Gasteiger partial charge in [0.1, 0.15) is 5.82 Å². The van der Waals surface area contributed by atoms with Crippen LogP contribution in [-0.2, 0) is 37.3 Å². The van der Waals surface area contributed by atoms with Crippen LogP contribution in [0, 0.1) is 18.8 Å². The Morgan fingerprint density at radius 1 is 0.533 bits per heavy atom. The third kappa shape index (κ3) is 7.77. The molecule has 60 heavy (non-hydrogen) atoms. The molecule has 0 atom stereocenters. The van der Waals surface area contributed by atoms with Crippen LogP contribution < -0.4 is 14.5 Å². The summed E-state index contributed by atoms with van der Waals surface area (Å²) >= 11 is 0. The first-order valence-electron chi connectivity index (χ1n) is 20.5. The van der Waals surface area contributed by atoms with E-state index in [1.807, 2.05) is 24.4 Å². The van der Waals surface area contributed by atoms with Crippen LogP contribution in [0.25, 0.3) is 38.8 Å². The molecule has 0 amide bonds. The average Bonchev–Trinajstić information content (AvgIpc) is 3.76. The van der Waals surface area contributed by atoms with Crippen molar-refractivity contribution in [1.82, 2.24) is 9.55 Å².